The number of pyridine rings is 1. The standard InChI is InChI=1S/C24H25NO/c1-23-11-9-18(26)14-17(23)5-6-19-21-8-7-20(16-4-3-13-25-15-16)24(21,2)12-10-22(19)23/h3-4,7-9,11,13-15,19,22H,5-6,10,12H2,1-2H3/t19-,22-,23-,24+/m0/s1. The molecule has 4 atom stereocenters. The number of nitrogens with zero attached hydrogens (tertiary/aromatic N) is 1. The van der Waals surface area contributed by atoms with Crippen LogP contribution in [0, 0.1) is 22.7 Å². The number of hydrogen-bond donors (Lipinski definition) is 0. The molecule has 0 spiro atoms. The van der Waals surface area contributed by atoms with E-state index in [-0.39, 0.29) is 16.6 Å². The number of hydrogen-bond acceptors (Lipinski definition) is 2. The molecule has 2 nitrogen and oxygen atoms in total. The van der Waals surface area contributed by atoms with Gasteiger partial charge in [0.05, 0.1) is 0 Å². The predicted octanol–water partition coefficient (Wildman–Crippen LogP) is 5.30. The van der Waals surface area contributed by atoms with Crippen LogP contribution in [0.5, 0.6) is 0 Å². The summed E-state index contributed by atoms with van der Waals surface area (Å²) in [5, 5.41) is 0. The van der Waals surface area contributed by atoms with E-state index in [1.54, 1.807) is 11.6 Å². The van der Waals surface area contributed by atoms with E-state index < -0.39 is 0 Å². The second-order valence-electron chi connectivity index (χ2n) is 8.75. The Morgan fingerprint density at radius 2 is 2.08 bits per heavy atom. The number of aromatic nitrogens is 1. The molecule has 1 aromatic heterocycles. The Hall–Kier alpha value is -2.22. The summed E-state index contributed by atoms with van der Waals surface area (Å²) in [7, 11) is 0. The third-order valence-corrected chi connectivity index (χ3v) is 7.57. The molecule has 0 saturated heterocycles. The highest BCUT2D eigenvalue weighted by Crippen LogP contribution is 2.64. The molecular weight excluding hydrogens is 318 g/mol. The fourth-order valence-corrected chi connectivity index (χ4v) is 6.13. The molecule has 132 valence electrons. The minimum Gasteiger partial charge on any atom is -0.290 e. The highest BCUT2D eigenvalue weighted by Gasteiger charge is 2.53. The van der Waals surface area contributed by atoms with E-state index >= 15 is 0 Å². The van der Waals surface area contributed by atoms with Gasteiger partial charge in [-0.05, 0) is 66.9 Å². The molecule has 0 aromatic carbocycles. The normalized spacial score (nSPS) is 37.9. The van der Waals surface area contributed by atoms with E-state index in [0.717, 1.165) is 6.42 Å². The van der Waals surface area contributed by atoms with Gasteiger partial charge in [0.1, 0.15) is 0 Å². The largest absolute Gasteiger partial charge is 0.290 e. The van der Waals surface area contributed by atoms with Crippen LogP contribution in [-0.2, 0) is 4.79 Å². The van der Waals surface area contributed by atoms with Crippen LogP contribution in [0.15, 0.2) is 66.1 Å². The zero-order valence-corrected chi connectivity index (χ0v) is 15.5. The minimum absolute atomic E-state index is 0.0516. The first kappa shape index (κ1) is 16.0. The molecule has 2 saturated carbocycles. The molecule has 0 radical (unpaired) electrons. The van der Waals surface area contributed by atoms with Crippen LogP contribution in [0.2, 0.25) is 0 Å². The van der Waals surface area contributed by atoms with Crippen molar-refractivity contribution in [1.82, 2.24) is 4.98 Å². The van der Waals surface area contributed by atoms with Crippen LogP contribution in [0.3, 0.4) is 0 Å². The van der Waals surface area contributed by atoms with Gasteiger partial charge in [0, 0.05) is 23.2 Å². The van der Waals surface area contributed by atoms with E-state index in [1.165, 1.54) is 36.0 Å². The highest BCUT2D eigenvalue weighted by molar-refractivity contribution is 6.01. The summed E-state index contributed by atoms with van der Waals surface area (Å²) >= 11 is 0. The summed E-state index contributed by atoms with van der Waals surface area (Å²) < 4.78 is 0. The molecule has 0 aliphatic heterocycles. The maximum Gasteiger partial charge on any atom is 0.178 e. The van der Waals surface area contributed by atoms with Crippen LogP contribution in [0.4, 0.5) is 0 Å². The molecule has 0 amide bonds. The zero-order chi connectivity index (χ0) is 17.9. The third kappa shape index (κ3) is 2.05. The summed E-state index contributed by atoms with van der Waals surface area (Å²) in [4.78, 5) is 16.2. The van der Waals surface area contributed by atoms with Crippen LogP contribution < -0.4 is 0 Å². The van der Waals surface area contributed by atoms with E-state index in [1.807, 2.05) is 24.5 Å². The predicted molar refractivity (Wildman–Crippen MR) is 104 cm³/mol. The molecule has 2 fully saturated rings. The van der Waals surface area contributed by atoms with Crippen molar-refractivity contribution in [3.63, 3.8) is 0 Å². The van der Waals surface area contributed by atoms with Crippen molar-refractivity contribution in [2.24, 2.45) is 22.7 Å². The lowest BCUT2D eigenvalue weighted by Gasteiger charge is -2.54. The molecule has 0 N–H and O–H groups in total. The van der Waals surface area contributed by atoms with Crippen molar-refractivity contribution in [2.75, 3.05) is 0 Å². The quantitative estimate of drug-likeness (QED) is 0.692. The second-order valence-corrected chi connectivity index (χ2v) is 8.75. The maximum absolute atomic E-state index is 11.9. The summed E-state index contributed by atoms with van der Waals surface area (Å²) in [5.74, 6) is 1.38. The number of rotatable bonds is 1. The summed E-state index contributed by atoms with van der Waals surface area (Å²) in [6.07, 6.45) is 19.1. The monoisotopic (exact) mass is 343 g/mol. The Kier molecular flexibility index (Phi) is 3.31. The molecule has 1 aromatic rings. The minimum atomic E-state index is 0.0516. The lowest BCUT2D eigenvalue weighted by atomic mass is 9.49. The number of ketones is 1. The van der Waals surface area contributed by atoms with Gasteiger partial charge in [0.25, 0.3) is 0 Å². The number of allylic oxidation sites excluding steroid dienone is 8. The molecule has 0 bridgehead atoms. The molecule has 1 heterocycles. The molecule has 4 aliphatic carbocycles. The number of carbonyl (C=O) groups excluding carboxylic acids is 1. The lowest BCUT2D eigenvalue weighted by molar-refractivity contribution is -0.110. The van der Waals surface area contributed by atoms with Gasteiger partial charge in [0.2, 0.25) is 0 Å². The fraction of sp³-hybridized carbons (Fsp3) is 0.417. The first-order valence-corrected chi connectivity index (χ1v) is 9.80. The van der Waals surface area contributed by atoms with Crippen molar-refractivity contribution in [1.29, 1.82) is 0 Å². The third-order valence-electron chi connectivity index (χ3n) is 7.57. The van der Waals surface area contributed by atoms with Crippen molar-refractivity contribution < 1.29 is 4.79 Å². The molecule has 26 heavy (non-hydrogen) atoms. The van der Waals surface area contributed by atoms with Gasteiger partial charge < -0.3 is 0 Å². The van der Waals surface area contributed by atoms with Gasteiger partial charge >= 0.3 is 0 Å². The smallest absolute Gasteiger partial charge is 0.178 e. The van der Waals surface area contributed by atoms with Gasteiger partial charge in [-0.3, -0.25) is 9.78 Å². The Balaban J connectivity index is 1.51. The van der Waals surface area contributed by atoms with Crippen LogP contribution in [-0.4, -0.2) is 10.8 Å². The first-order chi connectivity index (χ1) is 12.5. The number of fused-ring (bicyclic) bond motifs is 5. The van der Waals surface area contributed by atoms with Gasteiger partial charge in [0.15, 0.2) is 5.78 Å². The van der Waals surface area contributed by atoms with Gasteiger partial charge in [-0.15, -0.1) is 0 Å². The van der Waals surface area contributed by atoms with E-state index in [9.17, 15) is 4.79 Å². The van der Waals surface area contributed by atoms with Crippen molar-refractivity contribution in [3.8, 4) is 0 Å². The Morgan fingerprint density at radius 1 is 1.19 bits per heavy atom. The Morgan fingerprint density at radius 3 is 2.88 bits per heavy atom. The van der Waals surface area contributed by atoms with Gasteiger partial charge in [-0.25, -0.2) is 0 Å². The zero-order valence-electron chi connectivity index (χ0n) is 15.5. The Bertz CT molecular complexity index is 903. The molecule has 2 heteroatoms. The average Bonchev–Trinajstić information content (AvgIpc) is 3.00. The molecule has 0 unspecified atom stereocenters. The first-order valence-electron chi connectivity index (χ1n) is 9.80. The SMILES string of the molecule is C[C@]12CC[C@H]3[C@@H](CCC4=CC(=O)C=C[C@@]43C)C1=CC=C2c1cccnc1. The van der Waals surface area contributed by atoms with E-state index in [4.69, 9.17) is 0 Å². The number of carbonyl (C=O) groups is 1. The van der Waals surface area contributed by atoms with Crippen LogP contribution >= 0.6 is 0 Å². The second kappa shape index (κ2) is 5.39. The highest BCUT2D eigenvalue weighted by atomic mass is 16.1. The average molecular weight is 343 g/mol. The summed E-state index contributed by atoms with van der Waals surface area (Å²) in [6, 6.07) is 4.22. The van der Waals surface area contributed by atoms with E-state index in [2.05, 4.69) is 43.1 Å². The maximum atomic E-state index is 11.9. The van der Waals surface area contributed by atoms with Crippen LogP contribution in [0.1, 0.15) is 45.1 Å². The topological polar surface area (TPSA) is 30.0 Å². The van der Waals surface area contributed by atoms with Crippen molar-refractivity contribution in [3.05, 3.63) is 71.6 Å². The lowest BCUT2D eigenvalue weighted by Crippen LogP contribution is -2.45. The van der Waals surface area contributed by atoms with Crippen molar-refractivity contribution in [2.45, 2.75) is 39.5 Å². The molecular formula is C24H25NO. The fourth-order valence-electron chi connectivity index (χ4n) is 6.13. The summed E-state index contributed by atoms with van der Waals surface area (Å²) in [6.45, 7) is 4.78. The molecule has 5 rings (SSSR count). The van der Waals surface area contributed by atoms with Gasteiger partial charge in [-0.1, -0.05) is 49.3 Å². The van der Waals surface area contributed by atoms with E-state index in [0.29, 0.717) is 11.8 Å². The summed E-state index contributed by atoms with van der Waals surface area (Å²) in [5.41, 5.74) is 5.84. The van der Waals surface area contributed by atoms with Crippen molar-refractivity contribution >= 4 is 11.4 Å². The Labute approximate surface area is 155 Å². The van der Waals surface area contributed by atoms with Crippen LogP contribution in [0.25, 0.3) is 5.57 Å². The van der Waals surface area contributed by atoms with Gasteiger partial charge in [-0.2, -0.15) is 0 Å². The molecule has 4 aliphatic rings.